The Morgan fingerprint density at radius 3 is 2.32 bits per heavy atom. The first-order chi connectivity index (χ1) is 8.95. The lowest BCUT2D eigenvalue weighted by Gasteiger charge is -2.38. The van der Waals surface area contributed by atoms with E-state index >= 15 is 0 Å². The summed E-state index contributed by atoms with van der Waals surface area (Å²) in [6.45, 7) is 4.71. The summed E-state index contributed by atoms with van der Waals surface area (Å²) in [6.07, 6.45) is 7.11. The van der Waals surface area contributed by atoms with Gasteiger partial charge in [0.25, 0.3) is 0 Å². The highest BCUT2D eigenvalue weighted by Gasteiger charge is 2.52. The first kappa shape index (κ1) is 14.8. The Labute approximate surface area is 116 Å². The van der Waals surface area contributed by atoms with E-state index < -0.39 is 11.5 Å². The number of rotatable bonds is 7. The molecule has 4 heteroatoms. The molecule has 2 N–H and O–H groups in total. The van der Waals surface area contributed by atoms with Crippen LogP contribution in [0, 0.1) is 5.92 Å². The molecule has 2 saturated carbocycles. The van der Waals surface area contributed by atoms with Crippen molar-refractivity contribution in [3.8, 4) is 0 Å². The molecule has 0 aromatic heterocycles. The fourth-order valence-electron chi connectivity index (χ4n) is 3.56. The van der Waals surface area contributed by atoms with Gasteiger partial charge in [-0.3, -0.25) is 10.1 Å². The van der Waals surface area contributed by atoms with Crippen LogP contribution in [0.3, 0.4) is 0 Å². The number of likely N-dealkylation sites (N-methyl/N-ethyl adjacent to an activating group) is 1. The van der Waals surface area contributed by atoms with Gasteiger partial charge < -0.3 is 10.0 Å². The molecule has 0 spiro atoms. The van der Waals surface area contributed by atoms with Crippen LogP contribution < -0.4 is 5.32 Å². The molecule has 110 valence electrons. The molecule has 19 heavy (non-hydrogen) atoms. The van der Waals surface area contributed by atoms with Gasteiger partial charge in [-0.05, 0) is 52.5 Å². The van der Waals surface area contributed by atoms with E-state index in [1.54, 1.807) is 0 Å². The summed E-state index contributed by atoms with van der Waals surface area (Å²) < 4.78 is 0. The Morgan fingerprint density at radius 2 is 1.89 bits per heavy atom. The Hall–Kier alpha value is -0.610. The van der Waals surface area contributed by atoms with Crippen molar-refractivity contribution < 1.29 is 9.90 Å². The van der Waals surface area contributed by atoms with E-state index in [1.165, 1.54) is 25.7 Å². The largest absolute Gasteiger partial charge is 0.480 e. The SMILES string of the molecule is CC(C)NC(CN(C)C1CCCC1)(C(=O)O)C1CC1. The van der Waals surface area contributed by atoms with Crippen molar-refractivity contribution in [2.24, 2.45) is 5.92 Å². The van der Waals surface area contributed by atoms with Crippen LogP contribution in [0.25, 0.3) is 0 Å². The van der Waals surface area contributed by atoms with Gasteiger partial charge in [-0.2, -0.15) is 0 Å². The molecular formula is C15H28N2O2. The van der Waals surface area contributed by atoms with Crippen molar-refractivity contribution in [1.82, 2.24) is 10.2 Å². The summed E-state index contributed by atoms with van der Waals surface area (Å²) in [7, 11) is 2.10. The third-order valence-corrected chi connectivity index (χ3v) is 4.65. The lowest BCUT2D eigenvalue weighted by atomic mass is 9.90. The third-order valence-electron chi connectivity index (χ3n) is 4.65. The summed E-state index contributed by atoms with van der Waals surface area (Å²) in [4.78, 5) is 14.2. The van der Waals surface area contributed by atoms with Crippen LogP contribution in [-0.2, 0) is 4.79 Å². The second-order valence-corrected chi connectivity index (χ2v) is 6.70. The van der Waals surface area contributed by atoms with Crippen LogP contribution in [0.15, 0.2) is 0 Å². The standard InChI is InChI=1S/C15H28N2O2/c1-11(2)16-15(14(18)19,12-8-9-12)10-17(3)13-6-4-5-7-13/h11-13,16H,4-10H2,1-3H3,(H,18,19). The van der Waals surface area contributed by atoms with Crippen molar-refractivity contribution in [2.75, 3.05) is 13.6 Å². The zero-order valence-corrected chi connectivity index (χ0v) is 12.5. The fourth-order valence-corrected chi connectivity index (χ4v) is 3.56. The number of hydrogen-bond acceptors (Lipinski definition) is 3. The smallest absolute Gasteiger partial charge is 0.325 e. The van der Waals surface area contributed by atoms with E-state index in [1.807, 2.05) is 13.8 Å². The van der Waals surface area contributed by atoms with E-state index in [0.29, 0.717) is 18.5 Å². The van der Waals surface area contributed by atoms with Crippen LogP contribution in [0.5, 0.6) is 0 Å². The van der Waals surface area contributed by atoms with Crippen LogP contribution >= 0.6 is 0 Å². The Kier molecular flexibility index (Phi) is 4.51. The summed E-state index contributed by atoms with van der Waals surface area (Å²) in [5, 5.41) is 13.2. The van der Waals surface area contributed by atoms with Crippen molar-refractivity contribution >= 4 is 5.97 Å². The van der Waals surface area contributed by atoms with E-state index in [0.717, 1.165) is 12.8 Å². The number of aliphatic carboxylic acids is 1. The van der Waals surface area contributed by atoms with Gasteiger partial charge in [0, 0.05) is 18.6 Å². The quantitative estimate of drug-likeness (QED) is 0.742. The molecule has 1 atom stereocenters. The molecule has 0 heterocycles. The predicted molar refractivity (Wildman–Crippen MR) is 76.2 cm³/mol. The molecule has 2 aliphatic rings. The molecule has 4 nitrogen and oxygen atoms in total. The highest BCUT2D eigenvalue weighted by atomic mass is 16.4. The van der Waals surface area contributed by atoms with E-state index in [9.17, 15) is 9.90 Å². The van der Waals surface area contributed by atoms with Gasteiger partial charge in [0.05, 0.1) is 0 Å². The van der Waals surface area contributed by atoms with Crippen molar-refractivity contribution in [2.45, 2.75) is 70.0 Å². The highest BCUT2D eigenvalue weighted by Crippen LogP contribution is 2.41. The summed E-state index contributed by atoms with van der Waals surface area (Å²) in [6, 6.07) is 0.778. The molecule has 2 rings (SSSR count). The zero-order chi connectivity index (χ0) is 14.0. The van der Waals surface area contributed by atoms with Crippen LogP contribution in [0.4, 0.5) is 0 Å². The Morgan fingerprint density at radius 1 is 1.32 bits per heavy atom. The second kappa shape index (κ2) is 5.80. The number of nitrogens with zero attached hydrogens (tertiary/aromatic N) is 1. The minimum absolute atomic E-state index is 0.202. The average Bonchev–Trinajstić information content (AvgIpc) is 3.02. The van der Waals surface area contributed by atoms with E-state index in [-0.39, 0.29) is 6.04 Å². The van der Waals surface area contributed by atoms with Crippen molar-refractivity contribution in [3.63, 3.8) is 0 Å². The number of carboxylic acids is 1. The van der Waals surface area contributed by atoms with Crippen LogP contribution in [0.2, 0.25) is 0 Å². The van der Waals surface area contributed by atoms with Crippen molar-refractivity contribution in [3.05, 3.63) is 0 Å². The van der Waals surface area contributed by atoms with Crippen molar-refractivity contribution in [1.29, 1.82) is 0 Å². The van der Waals surface area contributed by atoms with Gasteiger partial charge >= 0.3 is 5.97 Å². The van der Waals surface area contributed by atoms with Gasteiger partial charge in [0.15, 0.2) is 0 Å². The minimum Gasteiger partial charge on any atom is -0.480 e. The fraction of sp³-hybridized carbons (Fsp3) is 0.933. The zero-order valence-electron chi connectivity index (χ0n) is 12.5. The maximum absolute atomic E-state index is 11.9. The topological polar surface area (TPSA) is 52.6 Å². The molecule has 0 aliphatic heterocycles. The molecule has 0 amide bonds. The van der Waals surface area contributed by atoms with Gasteiger partial charge in [0.1, 0.15) is 5.54 Å². The average molecular weight is 268 g/mol. The number of hydrogen-bond donors (Lipinski definition) is 2. The second-order valence-electron chi connectivity index (χ2n) is 6.70. The first-order valence-corrected chi connectivity index (χ1v) is 7.67. The monoisotopic (exact) mass is 268 g/mol. The number of nitrogens with one attached hydrogen (secondary N) is 1. The molecule has 2 aliphatic carbocycles. The third kappa shape index (κ3) is 3.29. The molecule has 0 radical (unpaired) electrons. The lowest BCUT2D eigenvalue weighted by Crippen LogP contribution is -2.62. The Bertz CT molecular complexity index is 322. The molecule has 1 unspecified atom stereocenters. The van der Waals surface area contributed by atoms with Crippen LogP contribution in [0.1, 0.15) is 52.4 Å². The van der Waals surface area contributed by atoms with Gasteiger partial charge in [-0.1, -0.05) is 12.8 Å². The molecule has 0 saturated heterocycles. The summed E-state index contributed by atoms with van der Waals surface area (Å²) in [5.41, 5.74) is -0.745. The molecule has 2 fully saturated rings. The van der Waals surface area contributed by atoms with E-state index in [4.69, 9.17) is 0 Å². The van der Waals surface area contributed by atoms with Crippen LogP contribution in [-0.4, -0.2) is 47.2 Å². The molecular weight excluding hydrogens is 240 g/mol. The van der Waals surface area contributed by atoms with E-state index in [2.05, 4.69) is 17.3 Å². The highest BCUT2D eigenvalue weighted by molar-refractivity contribution is 5.80. The first-order valence-electron chi connectivity index (χ1n) is 7.67. The minimum atomic E-state index is -0.745. The molecule has 0 bridgehead atoms. The molecule has 0 aromatic rings. The summed E-state index contributed by atoms with van der Waals surface area (Å²) >= 11 is 0. The molecule has 0 aromatic carbocycles. The number of carboxylic acid groups (broad SMARTS) is 1. The van der Waals surface area contributed by atoms with Gasteiger partial charge in [-0.25, -0.2) is 0 Å². The summed E-state index contributed by atoms with van der Waals surface area (Å²) in [5.74, 6) is -0.371. The van der Waals surface area contributed by atoms with Gasteiger partial charge in [-0.15, -0.1) is 0 Å². The maximum atomic E-state index is 11.9. The predicted octanol–water partition coefficient (Wildman–Crippen LogP) is 2.09. The lowest BCUT2D eigenvalue weighted by molar-refractivity contribution is -0.147. The Balaban J connectivity index is 2.09. The normalized spacial score (nSPS) is 24.1. The number of carbonyl (C=O) groups is 1. The maximum Gasteiger partial charge on any atom is 0.325 e. The van der Waals surface area contributed by atoms with Gasteiger partial charge in [0.2, 0.25) is 0 Å².